The van der Waals surface area contributed by atoms with Gasteiger partial charge in [0.1, 0.15) is 11.4 Å². The highest BCUT2D eigenvalue weighted by atomic mass is 32.1. The van der Waals surface area contributed by atoms with Crippen LogP contribution in [0.5, 0.6) is 0 Å². The van der Waals surface area contributed by atoms with Crippen molar-refractivity contribution in [2.24, 2.45) is 5.92 Å². The molecule has 0 fully saturated rings. The summed E-state index contributed by atoms with van der Waals surface area (Å²) in [6.07, 6.45) is 2.37. The van der Waals surface area contributed by atoms with Crippen molar-refractivity contribution in [3.8, 4) is 16.9 Å². The van der Waals surface area contributed by atoms with Crippen molar-refractivity contribution in [3.63, 3.8) is 0 Å². The molecule has 0 aliphatic heterocycles. The molecule has 0 aliphatic rings. The zero-order chi connectivity index (χ0) is 29.1. The number of hydrogen-bond acceptors (Lipinski definition) is 6. The van der Waals surface area contributed by atoms with Crippen LogP contribution < -0.4 is 10.6 Å². The van der Waals surface area contributed by atoms with Crippen molar-refractivity contribution in [1.29, 1.82) is 0 Å². The highest BCUT2D eigenvalue weighted by molar-refractivity contribution is 7.08. The van der Waals surface area contributed by atoms with Crippen LogP contribution in [-0.4, -0.2) is 48.7 Å². The average molecular weight is 571 g/mol. The van der Waals surface area contributed by atoms with Crippen LogP contribution in [-0.2, 0) is 6.54 Å². The topological polar surface area (TPSA) is 114 Å². The molecule has 1 aromatic carbocycles. The van der Waals surface area contributed by atoms with E-state index >= 15 is 0 Å². The van der Waals surface area contributed by atoms with Crippen LogP contribution in [0.1, 0.15) is 58.1 Å². The number of nitrogens with zero attached hydrogens (tertiary/aromatic N) is 4. The molecule has 4 aromatic heterocycles. The molecule has 10 heteroatoms. The number of hydrogen-bond donors (Lipinski definition) is 3. The lowest BCUT2D eigenvalue weighted by molar-refractivity contribution is 0.0901. The molecule has 41 heavy (non-hydrogen) atoms. The van der Waals surface area contributed by atoms with Gasteiger partial charge < -0.3 is 15.7 Å². The van der Waals surface area contributed by atoms with Crippen LogP contribution in [0.2, 0.25) is 0 Å². The Hall–Kier alpha value is -4.28. The minimum Gasteiger partial charge on any atom is -0.394 e. The fourth-order valence-electron chi connectivity index (χ4n) is 5.08. The second-order valence-corrected chi connectivity index (χ2v) is 11.3. The molecule has 0 saturated heterocycles. The van der Waals surface area contributed by atoms with E-state index in [-0.39, 0.29) is 18.4 Å². The number of rotatable bonds is 10. The van der Waals surface area contributed by atoms with Crippen molar-refractivity contribution in [3.05, 3.63) is 93.7 Å². The Labute approximate surface area is 242 Å². The number of nitrogens with one attached hydrogen (secondary N) is 2. The maximum atomic E-state index is 13.6. The summed E-state index contributed by atoms with van der Waals surface area (Å²) in [4.78, 5) is 31.9. The monoisotopic (exact) mass is 570 g/mol. The van der Waals surface area contributed by atoms with E-state index in [4.69, 9.17) is 4.98 Å². The first-order valence-electron chi connectivity index (χ1n) is 13.6. The number of aliphatic hydroxyl groups is 1. The van der Waals surface area contributed by atoms with Gasteiger partial charge in [0.25, 0.3) is 11.8 Å². The number of imidazole rings is 1. The third kappa shape index (κ3) is 5.79. The fourth-order valence-corrected chi connectivity index (χ4v) is 5.72. The first-order valence-corrected chi connectivity index (χ1v) is 14.6. The number of aliphatic hydroxyl groups excluding tert-OH is 1. The van der Waals surface area contributed by atoms with Crippen LogP contribution in [0.3, 0.4) is 0 Å². The number of amides is 2. The molecular weight excluding hydrogens is 536 g/mol. The lowest BCUT2D eigenvalue weighted by Crippen LogP contribution is -2.39. The Morgan fingerprint density at radius 2 is 1.83 bits per heavy atom. The average Bonchev–Trinajstić information content (AvgIpc) is 3.69. The first kappa shape index (κ1) is 28.3. The van der Waals surface area contributed by atoms with Gasteiger partial charge in [-0.05, 0) is 61.9 Å². The van der Waals surface area contributed by atoms with Crippen LogP contribution >= 0.6 is 11.3 Å². The van der Waals surface area contributed by atoms with E-state index in [1.54, 1.807) is 22.7 Å². The summed E-state index contributed by atoms with van der Waals surface area (Å²) in [6, 6.07) is 14.8. The van der Waals surface area contributed by atoms with E-state index in [0.29, 0.717) is 41.5 Å². The van der Waals surface area contributed by atoms with Crippen molar-refractivity contribution in [2.75, 3.05) is 6.61 Å². The number of aryl methyl sites for hydroxylation is 1. The zero-order valence-corrected chi connectivity index (χ0v) is 24.4. The first-order chi connectivity index (χ1) is 19.8. The van der Waals surface area contributed by atoms with Gasteiger partial charge in [0, 0.05) is 34.9 Å². The Balaban J connectivity index is 1.46. The molecule has 0 radical (unpaired) electrons. The summed E-state index contributed by atoms with van der Waals surface area (Å²) >= 11 is 1.50. The highest BCUT2D eigenvalue weighted by Crippen LogP contribution is 2.28. The van der Waals surface area contributed by atoms with E-state index in [1.807, 2.05) is 79.5 Å². The molecule has 212 valence electrons. The molecule has 0 aliphatic carbocycles. The van der Waals surface area contributed by atoms with Gasteiger partial charge in [-0.3, -0.25) is 14.0 Å². The van der Waals surface area contributed by atoms with Gasteiger partial charge in [-0.25, -0.2) is 9.67 Å². The standard InChI is InChI=1S/C31H34N6O3S/c1-19(2)15-23(17-38)33-31(40)28-27(22-12-14-41-18-22)34-29-25(11-8-13-36(28)29)30(39)32-16-26-20(3)35-37(21(26)4)24-9-6-5-7-10-24/h5-14,18-19,23,38H,15-17H2,1-4H3,(H,32,39)(H,33,40)/t23-/m0/s1. The maximum Gasteiger partial charge on any atom is 0.270 e. The molecule has 9 nitrogen and oxygen atoms in total. The summed E-state index contributed by atoms with van der Waals surface area (Å²) in [5.74, 6) is -0.354. The Bertz CT molecular complexity index is 1670. The number of carbonyl (C=O) groups excluding carboxylic acids is 2. The quantitative estimate of drug-likeness (QED) is 0.220. The summed E-state index contributed by atoms with van der Waals surface area (Å²) in [6.45, 7) is 8.13. The number of pyridine rings is 1. The third-order valence-corrected chi connectivity index (χ3v) is 7.77. The Morgan fingerprint density at radius 3 is 2.51 bits per heavy atom. The minimum atomic E-state index is -0.391. The van der Waals surface area contributed by atoms with Gasteiger partial charge in [0.2, 0.25) is 0 Å². The van der Waals surface area contributed by atoms with Gasteiger partial charge in [-0.2, -0.15) is 16.4 Å². The smallest absolute Gasteiger partial charge is 0.270 e. The molecule has 4 heterocycles. The Morgan fingerprint density at radius 1 is 1.05 bits per heavy atom. The number of fused-ring (bicyclic) bond motifs is 1. The van der Waals surface area contributed by atoms with Crippen LogP contribution in [0, 0.1) is 19.8 Å². The van der Waals surface area contributed by atoms with Crippen LogP contribution in [0.25, 0.3) is 22.6 Å². The molecule has 0 unspecified atom stereocenters. The fraction of sp³-hybridized carbons (Fsp3) is 0.290. The van der Waals surface area contributed by atoms with Crippen molar-refractivity contribution < 1.29 is 14.7 Å². The summed E-state index contributed by atoms with van der Waals surface area (Å²) in [7, 11) is 0. The van der Waals surface area contributed by atoms with Crippen molar-refractivity contribution in [1.82, 2.24) is 29.8 Å². The number of aromatic nitrogens is 4. The van der Waals surface area contributed by atoms with Gasteiger partial charge in [0.05, 0.1) is 29.6 Å². The lowest BCUT2D eigenvalue weighted by atomic mass is 10.0. The molecule has 5 aromatic rings. The number of thiophene rings is 1. The largest absolute Gasteiger partial charge is 0.394 e. The number of benzene rings is 1. The molecule has 5 rings (SSSR count). The molecule has 1 atom stereocenters. The Kier molecular flexibility index (Phi) is 8.32. The van der Waals surface area contributed by atoms with Gasteiger partial charge in [-0.15, -0.1) is 0 Å². The molecule has 2 amide bonds. The summed E-state index contributed by atoms with van der Waals surface area (Å²) in [5, 5.41) is 24.4. The van der Waals surface area contributed by atoms with Crippen molar-refractivity contribution >= 4 is 28.8 Å². The van der Waals surface area contributed by atoms with E-state index in [2.05, 4.69) is 15.7 Å². The zero-order valence-electron chi connectivity index (χ0n) is 23.6. The van der Waals surface area contributed by atoms with Gasteiger partial charge in [-0.1, -0.05) is 32.0 Å². The van der Waals surface area contributed by atoms with E-state index in [1.165, 1.54) is 11.3 Å². The minimum absolute atomic E-state index is 0.165. The molecule has 0 saturated carbocycles. The van der Waals surface area contributed by atoms with Gasteiger partial charge >= 0.3 is 0 Å². The third-order valence-electron chi connectivity index (χ3n) is 7.08. The molecule has 3 N–H and O–H groups in total. The van der Waals surface area contributed by atoms with Crippen LogP contribution in [0.15, 0.2) is 65.5 Å². The molecule has 0 bridgehead atoms. The molecule has 0 spiro atoms. The summed E-state index contributed by atoms with van der Waals surface area (Å²) < 4.78 is 3.54. The second-order valence-electron chi connectivity index (χ2n) is 10.5. The van der Waals surface area contributed by atoms with Gasteiger partial charge in [0.15, 0.2) is 5.65 Å². The van der Waals surface area contributed by atoms with E-state index < -0.39 is 6.04 Å². The molecular formula is C31H34N6O3S. The predicted molar refractivity (Wildman–Crippen MR) is 161 cm³/mol. The van der Waals surface area contributed by atoms with Crippen LogP contribution in [0.4, 0.5) is 0 Å². The lowest BCUT2D eigenvalue weighted by Gasteiger charge is -2.18. The van der Waals surface area contributed by atoms with E-state index in [9.17, 15) is 14.7 Å². The maximum absolute atomic E-state index is 13.6. The normalized spacial score (nSPS) is 12.1. The number of para-hydroxylation sites is 1. The highest BCUT2D eigenvalue weighted by Gasteiger charge is 2.26. The second kappa shape index (κ2) is 12.1. The SMILES string of the molecule is Cc1nn(-c2ccccc2)c(C)c1CNC(=O)c1cccn2c(C(=O)N[C@H](CO)CC(C)C)c(-c3ccsc3)nc12. The predicted octanol–water partition coefficient (Wildman–Crippen LogP) is 4.93. The van der Waals surface area contributed by atoms with E-state index in [0.717, 1.165) is 28.2 Å². The number of carbonyl (C=O) groups is 2. The summed E-state index contributed by atoms with van der Waals surface area (Å²) in [5.41, 5.74) is 6.03. The van der Waals surface area contributed by atoms with Crippen molar-refractivity contribution in [2.45, 2.75) is 46.7 Å².